The maximum absolute atomic E-state index is 12.7. The average molecular weight is 400 g/mol. The molecule has 2 aliphatic heterocycles. The minimum atomic E-state index is -1.24. The maximum atomic E-state index is 12.7. The van der Waals surface area contributed by atoms with Crippen molar-refractivity contribution in [2.24, 2.45) is 0 Å². The van der Waals surface area contributed by atoms with Crippen molar-refractivity contribution in [2.75, 3.05) is 19.0 Å². The van der Waals surface area contributed by atoms with Crippen molar-refractivity contribution < 1.29 is 34.2 Å². The Hall–Kier alpha value is -2.85. The van der Waals surface area contributed by atoms with Crippen molar-refractivity contribution in [3.8, 4) is 0 Å². The van der Waals surface area contributed by atoms with Gasteiger partial charge in [-0.15, -0.1) is 0 Å². The Balaban J connectivity index is 1.52. The standard InChI is InChI=1S/C20H21N3O6/c1-22-8-11-4-5-13(7-14(11)19(22)28)21-18(27)12-3-2-6-23(9-12)20-17(26)16(25)15(10-24)29-20/h2-7,9,15-17,20,24-26H,8,10H2,1H3/p+1/t15?,16-,17-,20?/m1/s1. The molecule has 1 fully saturated rings. The first-order valence-electron chi connectivity index (χ1n) is 9.22. The highest BCUT2D eigenvalue weighted by Crippen LogP contribution is 2.26. The quantitative estimate of drug-likeness (QED) is 0.510. The van der Waals surface area contributed by atoms with Crippen molar-refractivity contribution in [3.05, 3.63) is 59.4 Å². The number of hydrogen-bond acceptors (Lipinski definition) is 6. The van der Waals surface area contributed by atoms with E-state index in [0.717, 1.165) is 5.56 Å². The third kappa shape index (κ3) is 3.49. The van der Waals surface area contributed by atoms with Crippen LogP contribution in [0.15, 0.2) is 42.7 Å². The van der Waals surface area contributed by atoms with Crippen LogP contribution in [0.4, 0.5) is 5.69 Å². The second-order valence-electron chi connectivity index (χ2n) is 7.26. The van der Waals surface area contributed by atoms with Gasteiger partial charge in [0.25, 0.3) is 18.0 Å². The second-order valence-corrected chi connectivity index (χ2v) is 7.26. The first-order chi connectivity index (χ1) is 13.9. The number of aromatic nitrogens is 1. The molecule has 152 valence electrons. The fourth-order valence-electron chi connectivity index (χ4n) is 3.64. The smallest absolute Gasteiger partial charge is 0.292 e. The number of amides is 2. The third-order valence-electron chi connectivity index (χ3n) is 5.25. The first-order valence-corrected chi connectivity index (χ1v) is 9.22. The van der Waals surface area contributed by atoms with E-state index in [1.165, 1.54) is 10.8 Å². The zero-order valence-electron chi connectivity index (χ0n) is 15.7. The van der Waals surface area contributed by atoms with E-state index < -0.39 is 37.1 Å². The molecule has 2 amide bonds. The summed E-state index contributed by atoms with van der Waals surface area (Å²) in [6, 6.07) is 8.43. The number of aliphatic hydroxyl groups is 3. The zero-order valence-corrected chi connectivity index (χ0v) is 15.7. The molecule has 0 aliphatic carbocycles. The lowest BCUT2D eigenvalue weighted by Crippen LogP contribution is -2.46. The third-order valence-corrected chi connectivity index (χ3v) is 5.25. The van der Waals surface area contributed by atoms with Gasteiger partial charge in [-0.2, -0.15) is 4.57 Å². The van der Waals surface area contributed by atoms with E-state index in [4.69, 9.17) is 4.74 Å². The van der Waals surface area contributed by atoms with Crippen LogP contribution in [0.25, 0.3) is 0 Å². The minimum absolute atomic E-state index is 0.0852. The van der Waals surface area contributed by atoms with E-state index in [1.54, 1.807) is 42.4 Å². The van der Waals surface area contributed by atoms with Gasteiger partial charge >= 0.3 is 0 Å². The molecule has 9 nitrogen and oxygen atoms in total. The van der Waals surface area contributed by atoms with Crippen LogP contribution in [0, 0.1) is 0 Å². The molecule has 9 heteroatoms. The van der Waals surface area contributed by atoms with Gasteiger partial charge in [0, 0.05) is 30.9 Å². The highest BCUT2D eigenvalue weighted by atomic mass is 16.6. The number of fused-ring (bicyclic) bond motifs is 1. The lowest BCUT2D eigenvalue weighted by molar-refractivity contribution is -0.765. The molecule has 0 radical (unpaired) electrons. The van der Waals surface area contributed by atoms with Gasteiger partial charge in [0.1, 0.15) is 17.8 Å². The Kier molecular flexibility index (Phi) is 5.05. The summed E-state index contributed by atoms with van der Waals surface area (Å²) in [5, 5.41) is 32.1. The van der Waals surface area contributed by atoms with E-state index >= 15 is 0 Å². The zero-order chi connectivity index (χ0) is 20.7. The molecule has 2 aromatic rings. The van der Waals surface area contributed by atoms with Crippen LogP contribution in [-0.4, -0.2) is 64.0 Å². The summed E-state index contributed by atoms with van der Waals surface area (Å²) in [4.78, 5) is 26.4. The maximum Gasteiger partial charge on any atom is 0.292 e. The van der Waals surface area contributed by atoms with Crippen LogP contribution < -0.4 is 9.88 Å². The number of carbonyl (C=O) groups excluding carboxylic acids is 2. The molecule has 2 unspecified atom stereocenters. The van der Waals surface area contributed by atoms with E-state index in [9.17, 15) is 24.9 Å². The fraction of sp³-hybridized carbons (Fsp3) is 0.350. The van der Waals surface area contributed by atoms with E-state index in [0.29, 0.717) is 23.4 Å². The average Bonchev–Trinajstić information content (AvgIpc) is 3.18. The Morgan fingerprint density at radius 2 is 2.10 bits per heavy atom. The number of benzene rings is 1. The van der Waals surface area contributed by atoms with Crippen molar-refractivity contribution in [1.82, 2.24) is 4.90 Å². The number of nitrogens with one attached hydrogen (secondary N) is 1. The summed E-state index contributed by atoms with van der Waals surface area (Å²) >= 11 is 0. The SMILES string of the molecule is CN1Cc2ccc(NC(=O)c3ccc[n+](C4OC(CO)[C@@H](O)[C@H]4O)c3)cc2C1=O. The Labute approximate surface area is 166 Å². The summed E-state index contributed by atoms with van der Waals surface area (Å²) in [5.74, 6) is -0.483. The van der Waals surface area contributed by atoms with Crippen LogP contribution in [0.1, 0.15) is 32.5 Å². The molecule has 0 saturated carbocycles. The number of hydrogen-bond donors (Lipinski definition) is 4. The molecular formula is C20H22N3O6+. The highest BCUT2D eigenvalue weighted by molar-refractivity contribution is 6.05. The van der Waals surface area contributed by atoms with E-state index in [-0.39, 0.29) is 5.91 Å². The first kappa shape index (κ1) is 19.5. The summed E-state index contributed by atoms with van der Waals surface area (Å²) in [6.07, 6.45) is -1.21. The van der Waals surface area contributed by atoms with Gasteiger partial charge in [-0.1, -0.05) is 6.07 Å². The Bertz CT molecular complexity index is 965. The lowest BCUT2D eigenvalue weighted by atomic mass is 10.1. The van der Waals surface area contributed by atoms with E-state index in [1.807, 2.05) is 6.07 Å². The lowest BCUT2D eigenvalue weighted by Gasteiger charge is -2.11. The summed E-state index contributed by atoms with van der Waals surface area (Å²) < 4.78 is 6.96. The van der Waals surface area contributed by atoms with Crippen molar-refractivity contribution in [1.29, 1.82) is 0 Å². The van der Waals surface area contributed by atoms with Crippen LogP contribution in [-0.2, 0) is 11.3 Å². The number of anilines is 1. The molecule has 4 N–H and O–H groups in total. The number of pyridine rings is 1. The van der Waals surface area contributed by atoms with Crippen LogP contribution >= 0.6 is 0 Å². The molecule has 0 bridgehead atoms. The summed E-state index contributed by atoms with van der Waals surface area (Å²) in [5.41, 5.74) is 2.28. The van der Waals surface area contributed by atoms with E-state index in [2.05, 4.69) is 5.32 Å². The molecule has 1 aromatic carbocycles. The van der Waals surface area contributed by atoms with Gasteiger partial charge < -0.3 is 30.3 Å². The molecule has 2 aliphatic rings. The van der Waals surface area contributed by atoms with Gasteiger partial charge in [-0.25, -0.2) is 0 Å². The molecule has 3 heterocycles. The van der Waals surface area contributed by atoms with Crippen molar-refractivity contribution in [2.45, 2.75) is 31.1 Å². The summed E-state index contributed by atoms with van der Waals surface area (Å²) in [7, 11) is 1.72. The van der Waals surface area contributed by atoms with Crippen LogP contribution in [0.2, 0.25) is 0 Å². The van der Waals surface area contributed by atoms with Crippen LogP contribution in [0.5, 0.6) is 0 Å². The summed E-state index contributed by atoms with van der Waals surface area (Å²) in [6.45, 7) is 0.118. The molecule has 1 saturated heterocycles. The van der Waals surface area contributed by atoms with Crippen molar-refractivity contribution >= 4 is 17.5 Å². The molecule has 1 aromatic heterocycles. The number of nitrogens with zero attached hydrogens (tertiary/aromatic N) is 2. The normalized spacial score (nSPS) is 25.9. The predicted molar refractivity (Wildman–Crippen MR) is 99.8 cm³/mol. The highest BCUT2D eigenvalue weighted by Gasteiger charge is 2.48. The van der Waals surface area contributed by atoms with Gasteiger partial charge in [0.15, 0.2) is 18.5 Å². The molecular weight excluding hydrogens is 378 g/mol. The largest absolute Gasteiger partial charge is 0.394 e. The van der Waals surface area contributed by atoms with Crippen LogP contribution in [0.3, 0.4) is 0 Å². The topological polar surface area (TPSA) is 123 Å². The number of rotatable bonds is 4. The number of ether oxygens (including phenoxy) is 1. The van der Waals surface area contributed by atoms with Gasteiger partial charge in [-0.05, 0) is 23.8 Å². The predicted octanol–water partition coefficient (Wildman–Crippen LogP) is -0.577. The number of carbonyl (C=O) groups is 2. The second kappa shape index (κ2) is 7.53. The molecule has 0 spiro atoms. The fourth-order valence-corrected chi connectivity index (χ4v) is 3.64. The monoisotopic (exact) mass is 400 g/mol. The van der Waals surface area contributed by atoms with Gasteiger partial charge in [0.2, 0.25) is 0 Å². The Morgan fingerprint density at radius 3 is 2.83 bits per heavy atom. The molecule has 29 heavy (non-hydrogen) atoms. The number of aliphatic hydroxyl groups excluding tert-OH is 3. The Morgan fingerprint density at radius 1 is 1.31 bits per heavy atom. The molecule has 4 atom stereocenters. The van der Waals surface area contributed by atoms with Crippen molar-refractivity contribution in [3.63, 3.8) is 0 Å². The van der Waals surface area contributed by atoms with Gasteiger partial charge in [-0.3, -0.25) is 9.59 Å². The molecule has 4 rings (SSSR count). The minimum Gasteiger partial charge on any atom is -0.394 e. The van der Waals surface area contributed by atoms with Gasteiger partial charge in [0.05, 0.1) is 6.61 Å².